The minimum absolute atomic E-state index is 0.170. The molecule has 3 rings (SSSR count). The van der Waals surface area contributed by atoms with Gasteiger partial charge in [0, 0.05) is 37.9 Å². The summed E-state index contributed by atoms with van der Waals surface area (Å²) < 4.78 is 7.54. The van der Waals surface area contributed by atoms with Crippen molar-refractivity contribution in [3.8, 4) is 5.75 Å². The van der Waals surface area contributed by atoms with E-state index in [4.69, 9.17) is 22.1 Å². The van der Waals surface area contributed by atoms with Crippen LogP contribution in [0.2, 0.25) is 5.02 Å². The minimum atomic E-state index is -0.519. The maximum absolute atomic E-state index is 10.8. The van der Waals surface area contributed by atoms with Gasteiger partial charge in [-0.1, -0.05) is 17.7 Å². The van der Waals surface area contributed by atoms with Crippen molar-refractivity contribution in [1.82, 2.24) is 14.5 Å². The lowest BCUT2D eigenvalue weighted by molar-refractivity contribution is -0.119. The van der Waals surface area contributed by atoms with E-state index in [0.29, 0.717) is 16.7 Å². The highest BCUT2D eigenvalue weighted by Gasteiger charge is 2.24. The highest BCUT2D eigenvalue weighted by molar-refractivity contribution is 6.32. The van der Waals surface area contributed by atoms with Crippen molar-refractivity contribution in [2.75, 3.05) is 19.7 Å². The summed E-state index contributed by atoms with van der Waals surface area (Å²) in [4.78, 5) is 17.8. The van der Waals surface area contributed by atoms with Crippen molar-refractivity contribution < 1.29 is 9.53 Å². The molecule has 2 N–H and O–H groups in total. The number of halogens is 1. The van der Waals surface area contributed by atoms with Crippen LogP contribution in [0.25, 0.3) is 0 Å². The van der Waals surface area contributed by atoms with E-state index in [9.17, 15) is 4.79 Å². The molecule has 2 heterocycles. The Hall–Kier alpha value is -2.05. The van der Waals surface area contributed by atoms with E-state index in [2.05, 4.69) is 27.6 Å². The molecule has 0 saturated carbocycles. The molecule has 7 heteroatoms. The molecule has 1 aliphatic rings. The highest BCUT2D eigenvalue weighted by atomic mass is 35.5. The predicted molar refractivity (Wildman–Crippen MR) is 101 cm³/mol. The summed E-state index contributed by atoms with van der Waals surface area (Å²) in [6, 6.07) is 5.68. The van der Waals surface area contributed by atoms with Gasteiger partial charge in [-0.25, -0.2) is 4.98 Å². The highest BCUT2D eigenvalue weighted by Crippen LogP contribution is 2.29. The van der Waals surface area contributed by atoms with Crippen molar-refractivity contribution >= 4 is 17.5 Å². The van der Waals surface area contributed by atoms with Crippen LogP contribution < -0.4 is 10.5 Å². The molecule has 140 valence electrons. The third-order valence-corrected chi connectivity index (χ3v) is 5.03. The number of imidazole rings is 1. The third-order valence-electron chi connectivity index (χ3n) is 4.73. The van der Waals surface area contributed by atoms with Crippen LogP contribution in [0.1, 0.15) is 37.1 Å². The lowest BCUT2D eigenvalue weighted by Gasteiger charge is -2.32. The Morgan fingerprint density at radius 2 is 2.31 bits per heavy atom. The zero-order valence-electron chi connectivity index (χ0n) is 15.0. The number of likely N-dealkylation sites (tertiary alicyclic amines) is 1. The van der Waals surface area contributed by atoms with Gasteiger partial charge in [0.25, 0.3) is 5.91 Å². The molecular weight excluding hydrogens is 352 g/mol. The lowest BCUT2D eigenvalue weighted by Crippen LogP contribution is -2.34. The molecule has 26 heavy (non-hydrogen) atoms. The van der Waals surface area contributed by atoms with E-state index in [-0.39, 0.29) is 6.61 Å². The second-order valence-electron chi connectivity index (χ2n) is 6.67. The fourth-order valence-corrected chi connectivity index (χ4v) is 3.78. The van der Waals surface area contributed by atoms with Crippen LogP contribution in [0, 0.1) is 0 Å². The summed E-state index contributed by atoms with van der Waals surface area (Å²) >= 11 is 6.27. The Bertz CT molecular complexity index is 762. The zero-order chi connectivity index (χ0) is 18.5. The number of nitrogens with two attached hydrogens (primary N) is 1. The average molecular weight is 377 g/mol. The Morgan fingerprint density at radius 3 is 3.04 bits per heavy atom. The number of carbonyl (C=O) groups is 1. The molecule has 2 aromatic rings. The number of aryl methyl sites for hydroxylation is 1. The molecule has 0 bridgehead atoms. The summed E-state index contributed by atoms with van der Waals surface area (Å²) in [5, 5.41) is 0.499. The molecule has 1 fully saturated rings. The van der Waals surface area contributed by atoms with E-state index in [0.717, 1.165) is 38.2 Å². The summed E-state index contributed by atoms with van der Waals surface area (Å²) in [5.74, 6) is 1.61. The lowest BCUT2D eigenvalue weighted by atomic mass is 9.96. The first-order valence-electron chi connectivity index (χ1n) is 8.99. The standard InChI is InChI=1S/C19H25ClN4O2/c1-2-24-9-7-22-19(24)15-4-3-8-23(12-15)11-14-5-6-17(16(20)10-14)26-13-18(21)25/h5-7,9-10,15H,2-4,8,11-13H2,1H3,(H2,21,25)/t15-/m0/s1. The number of hydrogen-bond donors (Lipinski definition) is 1. The van der Waals surface area contributed by atoms with Gasteiger partial charge in [0.2, 0.25) is 0 Å². The molecular formula is C19H25ClN4O2. The van der Waals surface area contributed by atoms with Gasteiger partial charge in [-0.2, -0.15) is 0 Å². The van der Waals surface area contributed by atoms with Gasteiger partial charge < -0.3 is 15.0 Å². The van der Waals surface area contributed by atoms with Gasteiger partial charge >= 0.3 is 0 Å². The minimum Gasteiger partial charge on any atom is -0.482 e. The van der Waals surface area contributed by atoms with Crippen LogP contribution in [0.15, 0.2) is 30.6 Å². The number of carbonyl (C=O) groups excluding carboxylic acids is 1. The Kier molecular flexibility index (Phi) is 6.16. The molecule has 1 aromatic heterocycles. The monoisotopic (exact) mass is 376 g/mol. The van der Waals surface area contributed by atoms with E-state index in [1.165, 1.54) is 12.2 Å². The summed E-state index contributed by atoms with van der Waals surface area (Å²) in [7, 11) is 0. The van der Waals surface area contributed by atoms with Crippen LogP contribution >= 0.6 is 11.6 Å². The van der Waals surface area contributed by atoms with Crippen LogP contribution in [-0.2, 0) is 17.9 Å². The van der Waals surface area contributed by atoms with Crippen molar-refractivity contribution in [3.63, 3.8) is 0 Å². The van der Waals surface area contributed by atoms with E-state index >= 15 is 0 Å². The molecule has 1 saturated heterocycles. The van der Waals surface area contributed by atoms with Crippen LogP contribution in [-0.4, -0.2) is 40.1 Å². The van der Waals surface area contributed by atoms with Crippen molar-refractivity contribution in [1.29, 1.82) is 0 Å². The predicted octanol–water partition coefficient (Wildman–Crippen LogP) is 2.80. The fraction of sp³-hybridized carbons (Fsp3) is 0.474. The van der Waals surface area contributed by atoms with Crippen LogP contribution in [0.3, 0.4) is 0 Å². The number of hydrogen-bond acceptors (Lipinski definition) is 4. The second kappa shape index (κ2) is 8.56. The molecule has 0 aliphatic carbocycles. The number of rotatable bonds is 7. The smallest absolute Gasteiger partial charge is 0.255 e. The van der Waals surface area contributed by atoms with Crippen LogP contribution in [0.5, 0.6) is 5.75 Å². The molecule has 0 unspecified atom stereocenters. The maximum Gasteiger partial charge on any atom is 0.255 e. The number of primary amides is 1. The number of piperidine rings is 1. The van der Waals surface area contributed by atoms with Gasteiger partial charge in [-0.15, -0.1) is 0 Å². The quantitative estimate of drug-likeness (QED) is 0.806. The van der Waals surface area contributed by atoms with E-state index < -0.39 is 5.91 Å². The maximum atomic E-state index is 10.8. The third kappa shape index (κ3) is 4.56. The van der Waals surface area contributed by atoms with Crippen molar-refractivity contribution in [2.24, 2.45) is 5.73 Å². The first-order chi connectivity index (χ1) is 12.6. The van der Waals surface area contributed by atoms with Crippen molar-refractivity contribution in [2.45, 2.75) is 38.8 Å². The number of aromatic nitrogens is 2. The summed E-state index contributed by atoms with van der Waals surface area (Å²) in [6.45, 7) is 5.83. The first kappa shape index (κ1) is 18.7. The molecule has 1 aliphatic heterocycles. The summed E-state index contributed by atoms with van der Waals surface area (Å²) in [5.41, 5.74) is 6.22. The first-order valence-corrected chi connectivity index (χ1v) is 9.37. The number of benzene rings is 1. The molecule has 1 aromatic carbocycles. The SMILES string of the molecule is CCn1ccnc1[C@H]1CCCN(Cc2ccc(OCC(N)=O)c(Cl)c2)C1. The fourth-order valence-electron chi connectivity index (χ4n) is 3.52. The van der Waals surface area contributed by atoms with Gasteiger partial charge in [0.1, 0.15) is 11.6 Å². The molecule has 1 amide bonds. The topological polar surface area (TPSA) is 73.4 Å². The Labute approximate surface area is 158 Å². The largest absolute Gasteiger partial charge is 0.482 e. The zero-order valence-corrected chi connectivity index (χ0v) is 15.8. The van der Waals surface area contributed by atoms with Crippen molar-refractivity contribution in [3.05, 3.63) is 47.0 Å². The van der Waals surface area contributed by atoms with Gasteiger partial charge in [-0.3, -0.25) is 9.69 Å². The normalized spacial score (nSPS) is 18.0. The number of amides is 1. The Morgan fingerprint density at radius 1 is 1.46 bits per heavy atom. The molecule has 0 spiro atoms. The van der Waals surface area contributed by atoms with Gasteiger partial charge in [-0.05, 0) is 44.0 Å². The molecule has 0 radical (unpaired) electrons. The number of ether oxygens (including phenoxy) is 1. The second-order valence-corrected chi connectivity index (χ2v) is 7.07. The number of nitrogens with zero attached hydrogens (tertiary/aromatic N) is 3. The molecule has 1 atom stereocenters. The summed E-state index contributed by atoms with van der Waals surface area (Å²) in [6.07, 6.45) is 6.28. The van der Waals surface area contributed by atoms with Gasteiger partial charge in [0.05, 0.1) is 5.02 Å². The Balaban J connectivity index is 1.63. The van der Waals surface area contributed by atoms with Gasteiger partial charge in [0.15, 0.2) is 6.61 Å². The molecule has 6 nitrogen and oxygen atoms in total. The van der Waals surface area contributed by atoms with Crippen LogP contribution in [0.4, 0.5) is 0 Å². The average Bonchev–Trinajstić information content (AvgIpc) is 3.10. The van der Waals surface area contributed by atoms with E-state index in [1.54, 1.807) is 6.07 Å². The van der Waals surface area contributed by atoms with E-state index in [1.807, 2.05) is 18.3 Å².